The van der Waals surface area contributed by atoms with Gasteiger partial charge in [0.15, 0.2) is 31.2 Å². The summed E-state index contributed by atoms with van der Waals surface area (Å²) >= 11 is 0. The molecule has 0 N–H and O–H groups in total. The second-order valence-corrected chi connectivity index (χ2v) is 17.0. The van der Waals surface area contributed by atoms with Crippen molar-refractivity contribution < 1.29 is 31.2 Å². The van der Waals surface area contributed by atoms with Gasteiger partial charge in [0.2, 0.25) is 0 Å². The van der Waals surface area contributed by atoms with Gasteiger partial charge in [-0.1, -0.05) is 41.5 Å². The number of esters is 1. The molecule has 2 aromatic heterocycles. The summed E-state index contributed by atoms with van der Waals surface area (Å²) in [5, 5.41) is 8.87. The van der Waals surface area contributed by atoms with Crippen molar-refractivity contribution in [3.63, 3.8) is 0 Å². The van der Waals surface area contributed by atoms with Gasteiger partial charge in [0.1, 0.15) is 5.69 Å². The first-order chi connectivity index (χ1) is 21.0. The van der Waals surface area contributed by atoms with E-state index >= 15 is 0 Å². The van der Waals surface area contributed by atoms with Gasteiger partial charge in [-0.15, -0.1) is 0 Å². The minimum Gasteiger partial charge on any atom is -0.461 e. The molecule has 2 aromatic carbocycles. The second kappa shape index (κ2) is 13.3. The highest BCUT2D eigenvalue weighted by Gasteiger charge is 2.25. The maximum atomic E-state index is 12.2. The first-order valence-electron chi connectivity index (χ1n) is 14.5. The standard InChI is InChI=1S/C17H22N2O4S.C16H20N2O3S/c1-6-23-16(20)14-11-15(17(2,3)4)18-19(14)12-7-9-13(10-8-12)24(5,21)22;1-11(19)14-10-15(16(2,3)4)18(17-14)12-6-8-13(9-7-12)22(5,20)21/h7-11H,6H2,1-5H3;6-10H,1-5H3. The summed E-state index contributed by atoms with van der Waals surface area (Å²) in [6.07, 6.45) is 2.32. The molecule has 2 heterocycles. The molecule has 0 fully saturated rings. The van der Waals surface area contributed by atoms with Gasteiger partial charge >= 0.3 is 5.97 Å². The molecule has 0 aliphatic heterocycles. The average Bonchev–Trinajstić information content (AvgIpc) is 3.59. The minimum atomic E-state index is -3.28. The molecule has 0 radical (unpaired) electrons. The van der Waals surface area contributed by atoms with Crippen LogP contribution in [0.5, 0.6) is 0 Å². The number of carbonyl (C=O) groups excluding carboxylic acids is 2. The maximum Gasteiger partial charge on any atom is 0.357 e. The van der Waals surface area contributed by atoms with Gasteiger partial charge < -0.3 is 4.74 Å². The quantitative estimate of drug-likeness (QED) is 0.183. The Morgan fingerprint density at radius 2 is 1.17 bits per heavy atom. The molecule has 0 amide bonds. The van der Waals surface area contributed by atoms with Crippen LogP contribution in [-0.2, 0) is 35.2 Å². The van der Waals surface area contributed by atoms with Crippen molar-refractivity contribution in [2.75, 3.05) is 19.1 Å². The SMILES string of the molecule is CC(=O)c1cc(C(C)(C)C)n(-c2ccc(S(C)(=O)=O)cc2)n1.CCOC(=O)c1cc(C(C)(C)C)nn1-c1ccc(S(C)(=O)=O)cc1. The Hall–Kier alpha value is -4.10. The molecule has 4 rings (SSSR count). The van der Waals surface area contributed by atoms with Crippen LogP contribution in [0, 0.1) is 0 Å². The number of carbonyl (C=O) groups is 2. The Morgan fingerprint density at radius 3 is 1.54 bits per heavy atom. The highest BCUT2D eigenvalue weighted by Crippen LogP contribution is 2.27. The first-order valence-corrected chi connectivity index (χ1v) is 18.3. The van der Waals surface area contributed by atoms with Crippen molar-refractivity contribution in [3.8, 4) is 11.4 Å². The molecule has 13 heteroatoms. The van der Waals surface area contributed by atoms with Crippen LogP contribution >= 0.6 is 0 Å². The zero-order valence-electron chi connectivity index (χ0n) is 27.9. The lowest BCUT2D eigenvalue weighted by molar-refractivity contribution is 0.0515. The summed E-state index contributed by atoms with van der Waals surface area (Å²) < 4.78 is 54.5. The number of ether oxygens (including phenoxy) is 1. The van der Waals surface area contributed by atoms with Crippen LogP contribution < -0.4 is 0 Å². The fourth-order valence-corrected chi connectivity index (χ4v) is 5.51. The van der Waals surface area contributed by atoms with E-state index in [1.54, 1.807) is 60.1 Å². The van der Waals surface area contributed by atoms with Crippen molar-refractivity contribution in [1.29, 1.82) is 0 Å². The number of sulfone groups is 2. The summed E-state index contributed by atoms with van der Waals surface area (Å²) in [7, 11) is -6.51. The predicted octanol–water partition coefficient (Wildman–Crippen LogP) is 5.53. The number of hydrogen-bond donors (Lipinski definition) is 0. The van der Waals surface area contributed by atoms with Crippen LogP contribution in [0.15, 0.2) is 70.5 Å². The van der Waals surface area contributed by atoms with Gasteiger partial charge in [0.05, 0.1) is 39.2 Å². The van der Waals surface area contributed by atoms with Crippen molar-refractivity contribution in [3.05, 3.63) is 83.4 Å². The molecule has 0 saturated carbocycles. The van der Waals surface area contributed by atoms with Crippen LogP contribution in [0.4, 0.5) is 0 Å². The van der Waals surface area contributed by atoms with E-state index in [0.29, 0.717) is 17.1 Å². The van der Waals surface area contributed by atoms with E-state index in [4.69, 9.17) is 4.74 Å². The molecule has 0 saturated heterocycles. The van der Waals surface area contributed by atoms with E-state index in [1.165, 1.54) is 30.0 Å². The van der Waals surface area contributed by atoms with Crippen LogP contribution in [-0.4, -0.2) is 67.3 Å². The van der Waals surface area contributed by atoms with Crippen LogP contribution in [0.3, 0.4) is 0 Å². The Bertz CT molecular complexity index is 1940. The van der Waals surface area contributed by atoms with Gasteiger partial charge in [-0.2, -0.15) is 10.2 Å². The number of rotatable bonds is 7. The Labute approximate surface area is 271 Å². The predicted molar refractivity (Wildman–Crippen MR) is 177 cm³/mol. The van der Waals surface area contributed by atoms with Gasteiger partial charge in [0.25, 0.3) is 0 Å². The van der Waals surface area contributed by atoms with E-state index in [1.807, 2.05) is 41.5 Å². The average molecular weight is 671 g/mol. The Kier molecular flexibility index (Phi) is 10.5. The van der Waals surface area contributed by atoms with Gasteiger partial charge in [-0.25, -0.2) is 31.0 Å². The third-order valence-electron chi connectivity index (χ3n) is 6.82. The lowest BCUT2D eigenvalue weighted by Gasteiger charge is -2.20. The summed E-state index contributed by atoms with van der Waals surface area (Å²) in [5.41, 5.74) is 3.24. The molecule has 0 atom stereocenters. The van der Waals surface area contributed by atoms with Gasteiger partial charge in [-0.3, -0.25) is 4.79 Å². The number of benzene rings is 2. The Morgan fingerprint density at radius 1 is 0.717 bits per heavy atom. The molecular formula is C33H42N4O7S2. The molecule has 0 aliphatic carbocycles. The lowest BCUT2D eigenvalue weighted by atomic mass is 9.91. The topological polar surface area (TPSA) is 147 Å². The first kappa shape index (κ1) is 36.4. The van der Waals surface area contributed by atoms with Gasteiger partial charge in [-0.05, 0) is 67.6 Å². The molecule has 11 nitrogen and oxygen atoms in total. The number of nitrogens with zero attached hydrogens (tertiary/aromatic N) is 4. The third kappa shape index (κ3) is 8.79. The molecular weight excluding hydrogens is 629 g/mol. The van der Waals surface area contributed by atoms with Crippen molar-refractivity contribution >= 4 is 31.4 Å². The number of hydrogen-bond acceptors (Lipinski definition) is 9. The largest absolute Gasteiger partial charge is 0.461 e. The highest BCUT2D eigenvalue weighted by atomic mass is 32.2. The van der Waals surface area contributed by atoms with E-state index in [-0.39, 0.29) is 33.0 Å². The lowest BCUT2D eigenvalue weighted by Crippen LogP contribution is -2.17. The van der Waals surface area contributed by atoms with Gasteiger partial charge in [0, 0.05) is 30.3 Å². The maximum absolute atomic E-state index is 12.2. The van der Waals surface area contributed by atoms with Crippen LogP contribution in [0.2, 0.25) is 0 Å². The zero-order chi connectivity index (χ0) is 34.8. The number of Topliss-reactive ketones (excluding diaryl/α,β-unsaturated/α-hetero) is 1. The minimum absolute atomic E-state index is 0.1000. The number of ketones is 1. The van der Waals surface area contributed by atoms with E-state index in [9.17, 15) is 26.4 Å². The summed E-state index contributed by atoms with van der Waals surface area (Å²) in [6.45, 7) is 15.6. The fourth-order valence-electron chi connectivity index (χ4n) is 4.25. The summed E-state index contributed by atoms with van der Waals surface area (Å²) in [4.78, 5) is 24.3. The molecule has 248 valence electrons. The van der Waals surface area contributed by atoms with E-state index in [0.717, 1.165) is 23.3 Å². The van der Waals surface area contributed by atoms with Crippen LogP contribution in [0.1, 0.15) is 87.8 Å². The molecule has 0 bridgehead atoms. The van der Waals surface area contributed by atoms with Crippen LogP contribution in [0.25, 0.3) is 11.4 Å². The zero-order valence-corrected chi connectivity index (χ0v) is 29.6. The number of aromatic nitrogens is 4. The smallest absolute Gasteiger partial charge is 0.357 e. The van der Waals surface area contributed by atoms with E-state index in [2.05, 4.69) is 10.2 Å². The monoisotopic (exact) mass is 670 g/mol. The van der Waals surface area contributed by atoms with Crippen molar-refractivity contribution in [2.24, 2.45) is 0 Å². The highest BCUT2D eigenvalue weighted by molar-refractivity contribution is 7.91. The van der Waals surface area contributed by atoms with Crippen molar-refractivity contribution in [2.45, 2.75) is 76.0 Å². The molecule has 0 unspecified atom stereocenters. The summed E-state index contributed by atoms with van der Waals surface area (Å²) in [5.74, 6) is -0.565. The summed E-state index contributed by atoms with van der Waals surface area (Å²) in [6, 6.07) is 16.2. The fraction of sp³-hybridized carbons (Fsp3) is 0.394. The van der Waals surface area contributed by atoms with E-state index < -0.39 is 25.6 Å². The van der Waals surface area contributed by atoms with Crippen molar-refractivity contribution in [1.82, 2.24) is 19.6 Å². The Balaban J connectivity index is 0.000000251. The normalized spacial score (nSPS) is 12.3. The molecule has 0 aliphatic rings. The second-order valence-electron chi connectivity index (χ2n) is 13.0. The molecule has 0 spiro atoms. The third-order valence-corrected chi connectivity index (χ3v) is 9.08. The molecule has 4 aromatic rings. The molecule has 46 heavy (non-hydrogen) atoms.